The van der Waals surface area contributed by atoms with Gasteiger partial charge in [0.05, 0.1) is 32.5 Å². The summed E-state index contributed by atoms with van der Waals surface area (Å²) in [7, 11) is 4.31. The normalized spacial score (nSPS) is 10.2. The SMILES string of the molecule is COc1cc(OC)c(-c2c(F)cccc2F)c(OC)c1. The molecule has 5 heteroatoms. The first-order valence-corrected chi connectivity index (χ1v) is 5.86. The number of halogens is 2. The smallest absolute Gasteiger partial charge is 0.134 e. The van der Waals surface area contributed by atoms with Crippen LogP contribution in [0.1, 0.15) is 0 Å². The highest BCUT2D eigenvalue weighted by Gasteiger charge is 2.21. The number of benzene rings is 2. The van der Waals surface area contributed by atoms with Gasteiger partial charge in [0, 0.05) is 12.1 Å². The van der Waals surface area contributed by atoms with E-state index in [1.165, 1.54) is 39.5 Å². The molecule has 20 heavy (non-hydrogen) atoms. The van der Waals surface area contributed by atoms with Crippen LogP contribution in [-0.4, -0.2) is 21.3 Å². The molecule has 0 radical (unpaired) electrons. The summed E-state index contributed by atoms with van der Waals surface area (Å²) in [5.41, 5.74) is 0.0234. The Hall–Kier alpha value is -2.30. The molecule has 106 valence electrons. The summed E-state index contributed by atoms with van der Waals surface area (Å²) >= 11 is 0. The zero-order valence-electron chi connectivity index (χ0n) is 11.4. The first-order chi connectivity index (χ1) is 9.62. The molecule has 2 rings (SSSR count). The number of ether oxygens (including phenoxy) is 3. The van der Waals surface area contributed by atoms with Gasteiger partial charge in [-0.1, -0.05) is 6.07 Å². The molecule has 0 heterocycles. The molecule has 0 amide bonds. The van der Waals surface area contributed by atoms with Gasteiger partial charge in [-0.25, -0.2) is 8.78 Å². The van der Waals surface area contributed by atoms with Crippen molar-refractivity contribution in [3.63, 3.8) is 0 Å². The summed E-state index contributed by atoms with van der Waals surface area (Å²) in [5.74, 6) is -0.367. The third-order valence-electron chi connectivity index (χ3n) is 2.93. The Labute approximate surface area is 115 Å². The number of rotatable bonds is 4. The van der Waals surface area contributed by atoms with Crippen LogP contribution in [0.4, 0.5) is 8.78 Å². The van der Waals surface area contributed by atoms with Gasteiger partial charge in [-0.15, -0.1) is 0 Å². The highest BCUT2D eigenvalue weighted by atomic mass is 19.1. The summed E-state index contributed by atoms with van der Waals surface area (Å²) in [4.78, 5) is 0. The van der Waals surface area contributed by atoms with Crippen molar-refractivity contribution in [2.45, 2.75) is 0 Å². The predicted octanol–water partition coefficient (Wildman–Crippen LogP) is 3.66. The number of hydrogen-bond acceptors (Lipinski definition) is 3. The van der Waals surface area contributed by atoms with Crippen molar-refractivity contribution >= 4 is 0 Å². The maximum Gasteiger partial charge on any atom is 0.134 e. The van der Waals surface area contributed by atoms with Crippen LogP contribution in [0.2, 0.25) is 0 Å². The number of methoxy groups -OCH3 is 3. The Bertz CT molecular complexity index is 581. The standard InChI is InChI=1S/C15H14F2O3/c1-18-9-7-12(19-2)15(13(8-9)20-3)14-10(16)5-4-6-11(14)17/h4-8H,1-3H3. The van der Waals surface area contributed by atoms with Crippen molar-refractivity contribution < 1.29 is 23.0 Å². The van der Waals surface area contributed by atoms with Crippen LogP contribution in [0.5, 0.6) is 17.2 Å². The third kappa shape index (κ3) is 2.39. The van der Waals surface area contributed by atoms with E-state index in [-0.39, 0.29) is 22.6 Å². The lowest BCUT2D eigenvalue weighted by Crippen LogP contribution is -1.98. The van der Waals surface area contributed by atoms with Crippen LogP contribution in [0.25, 0.3) is 11.1 Å². The second-order valence-corrected chi connectivity index (χ2v) is 4.00. The molecule has 0 fully saturated rings. The molecule has 3 nitrogen and oxygen atoms in total. The van der Waals surface area contributed by atoms with E-state index in [9.17, 15) is 8.78 Å². The molecule has 0 aliphatic carbocycles. The Morgan fingerprint density at radius 1 is 0.750 bits per heavy atom. The molecule has 0 saturated carbocycles. The van der Waals surface area contributed by atoms with Crippen LogP contribution >= 0.6 is 0 Å². The zero-order chi connectivity index (χ0) is 14.7. The Morgan fingerprint density at radius 3 is 1.65 bits per heavy atom. The van der Waals surface area contributed by atoms with Crippen LogP contribution in [0, 0.1) is 11.6 Å². The maximum absolute atomic E-state index is 14.0. The minimum absolute atomic E-state index is 0.191. The number of hydrogen-bond donors (Lipinski definition) is 0. The molecule has 0 aliphatic heterocycles. The highest BCUT2D eigenvalue weighted by molar-refractivity contribution is 5.79. The van der Waals surface area contributed by atoms with Crippen molar-refractivity contribution in [3.8, 4) is 28.4 Å². The van der Waals surface area contributed by atoms with Crippen molar-refractivity contribution in [1.82, 2.24) is 0 Å². The Morgan fingerprint density at radius 2 is 1.25 bits per heavy atom. The van der Waals surface area contributed by atoms with E-state index in [1.54, 1.807) is 12.1 Å². The Kier molecular flexibility index (Phi) is 4.08. The van der Waals surface area contributed by atoms with Crippen LogP contribution in [0.3, 0.4) is 0 Å². The van der Waals surface area contributed by atoms with Gasteiger partial charge in [-0.3, -0.25) is 0 Å². The minimum Gasteiger partial charge on any atom is -0.496 e. The molecule has 0 bridgehead atoms. The zero-order valence-corrected chi connectivity index (χ0v) is 11.4. The van der Waals surface area contributed by atoms with Crippen molar-refractivity contribution in [2.75, 3.05) is 21.3 Å². The minimum atomic E-state index is -0.688. The average Bonchev–Trinajstić information content (AvgIpc) is 2.46. The predicted molar refractivity (Wildman–Crippen MR) is 71.5 cm³/mol. The first kappa shape index (κ1) is 14.1. The lowest BCUT2D eigenvalue weighted by molar-refractivity contribution is 0.377. The first-order valence-electron chi connectivity index (χ1n) is 5.86. The molecule has 2 aromatic rings. The topological polar surface area (TPSA) is 27.7 Å². The summed E-state index contributed by atoms with van der Waals surface area (Å²) in [6.45, 7) is 0. The second-order valence-electron chi connectivity index (χ2n) is 4.00. The highest BCUT2D eigenvalue weighted by Crippen LogP contribution is 2.43. The van der Waals surface area contributed by atoms with Crippen molar-refractivity contribution in [3.05, 3.63) is 42.0 Å². The van der Waals surface area contributed by atoms with E-state index in [0.29, 0.717) is 5.75 Å². The van der Waals surface area contributed by atoms with Gasteiger partial charge in [0.1, 0.15) is 28.9 Å². The van der Waals surface area contributed by atoms with E-state index in [1.807, 2.05) is 0 Å². The van der Waals surface area contributed by atoms with Crippen LogP contribution in [0.15, 0.2) is 30.3 Å². The molecule has 0 N–H and O–H groups in total. The van der Waals surface area contributed by atoms with Gasteiger partial charge in [0.15, 0.2) is 0 Å². The second kappa shape index (κ2) is 5.77. The fourth-order valence-electron chi connectivity index (χ4n) is 1.99. The molecule has 0 spiro atoms. The molecule has 0 unspecified atom stereocenters. The van der Waals surface area contributed by atoms with E-state index in [2.05, 4.69) is 0 Å². The van der Waals surface area contributed by atoms with Gasteiger partial charge in [0.2, 0.25) is 0 Å². The fourth-order valence-corrected chi connectivity index (χ4v) is 1.99. The fraction of sp³-hybridized carbons (Fsp3) is 0.200. The van der Waals surface area contributed by atoms with Gasteiger partial charge in [-0.05, 0) is 12.1 Å². The van der Waals surface area contributed by atoms with Gasteiger partial charge < -0.3 is 14.2 Å². The van der Waals surface area contributed by atoms with Crippen molar-refractivity contribution in [2.24, 2.45) is 0 Å². The Balaban J connectivity index is 2.78. The quantitative estimate of drug-likeness (QED) is 0.855. The van der Waals surface area contributed by atoms with Gasteiger partial charge >= 0.3 is 0 Å². The summed E-state index contributed by atoms with van der Waals surface area (Å²) in [5, 5.41) is 0. The van der Waals surface area contributed by atoms with Crippen LogP contribution < -0.4 is 14.2 Å². The molecule has 0 atom stereocenters. The van der Waals surface area contributed by atoms with Gasteiger partial charge in [-0.2, -0.15) is 0 Å². The van der Waals surface area contributed by atoms with Crippen molar-refractivity contribution in [1.29, 1.82) is 0 Å². The van der Waals surface area contributed by atoms with E-state index >= 15 is 0 Å². The summed E-state index contributed by atoms with van der Waals surface area (Å²) < 4.78 is 43.4. The van der Waals surface area contributed by atoms with Crippen LogP contribution in [-0.2, 0) is 0 Å². The maximum atomic E-state index is 14.0. The molecule has 0 saturated heterocycles. The summed E-state index contributed by atoms with van der Waals surface area (Å²) in [6.07, 6.45) is 0. The average molecular weight is 280 g/mol. The van der Waals surface area contributed by atoms with E-state index in [4.69, 9.17) is 14.2 Å². The molecule has 0 aliphatic rings. The largest absolute Gasteiger partial charge is 0.496 e. The molecular weight excluding hydrogens is 266 g/mol. The monoisotopic (exact) mass is 280 g/mol. The molecule has 2 aromatic carbocycles. The van der Waals surface area contributed by atoms with Gasteiger partial charge in [0.25, 0.3) is 0 Å². The van der Waals surface area contributed by atoms with E-state index in [0.717, 1.165) is 0 Å². The molecule has 0 aromatic heterocycles. The third-order valence-corrected chi connectivity index (χ3v) is 2.93. The lowest BCUT2D eigenvalue weighted by Gasteiger charge is -2.16. The van der Waals surface area contributed by atoms with E-state index < -0.39 is 11.6 Å². The summed E-state index contributed by atoms with van der Waals surface area (Å²) in [6, 6.07) is 6.76. The molecular formula is C15H14F2O3. The lowest BCUT2D eigenvalue weighted by atomic mass is 10.0.